The molecule has 0 aliphatic heterocycles. The monoisotopic (exact) mass is 407 g/mol. The van der Waals surface area contributed by atoms with E-state index in [1.165, 1.54) is 4.90 Å². The quantitative estimate of drug-likeness (QED) is 0.376. The van der Waals surface area contributed by atoms with Crippen molar-refractivity contribution < 1.29 is 33.3 Å². The van der Waals surface area contributed by atoms with Crippen LogP contribution in [0.2, 0.25) is 0 Å². The SMILES string of the molecule is CC(C)NC(=O)C(=O)N(C)C.COCCOCCOCCOC(=O)NC(C)C. The lowest BCUT2D eigenvalue weighted by molar-refractivity contribution is -0.144. The van der Waals surface area contributed by atoms with Crippen LogP contribution in [0.15, 0.2) is 0 Å². The van der Waals surface area contributed by atoms with Crippen molar-refractivity contribution in [3.8, 4) is 0 Å². The van der Waals surface area contributed by atoms with Gasteiger partial charge in [-0.1, -0.05) is 0 Å². The van der Waals surface area contributed by atoms with Gasteiger partial charge in [-0.15, -0.1) is 0 Å². The lowest BCUT2D eigenvalue weighted by Gasteiger charge is -2.11. The molecule has 0 radical (unpaired) electrons. The Morgan fingerprint density at radius 1 is 0.786 bits per heavy atom. The number of nitrogens with one attached hydrogen (secondary N) is 2. The van der Waals surface area contributed by atoms with Crippen molar-refractivity contribution in [2.75, 3.05) is 60.8 Å². The summed E-state index contributed by atoms with van der Waals surface area (Å²) in [6, 6.07) is 0.0870. The summed E-state index contributed by atoms with van der Waals surface area (Å²) >= 11 is 0. The average molecular weight is 408 g/mol. The van der Waals surface area contributed by atoms with Gasteiger partial charge in [-0.2, -0.15) is 0 Å². The van der Waals surface area contributed by atoms with Gasteiger partial charge < -0.3 is 34.5 Å². The molecule has 0 saturated heterocycles. The first-order valence-corrected chi connectivity index (χ1v) is 9.21. The van der Waals surface area contributed by atoms with Crippen LogP contribution in [-0.2, 0) is 28.5 Å². The molecule has 0 aliphatic rings. The molecule has 0 spiro atoms. The smallest absolute Gasteiger partial charge is 0.407 e. The summed E-state index contributed by atoms with van der Waals surface area (Å²) in [5, 5.41) is 5.11. The lowest BCUT2D eigenvalue weighted by Crippen LogP contribution is -2.42. The van der Waals surface area contributed by atoms with Gasteiger partial charge in [0, 0.05) is 33.3 Å². The van der Waals surface area contributed by atoms with Gasteiger partial charge in [-0.25, -0.2) is 4.79 Å². The number of amides is 3. The lowest BCUT2D eigenvalue weighted by atomic mass is 10.4. The van der Waals surface area contributed by atoms with Crippen molar-refractivity contribution in [2.24, 2.45) is 0 Å². The van der Waals surface area contributed by atoms with Crippen molar-refractivity contribution in [2.45, 2.75) is 39.8 Å². The number of rotatable bonds is 11. The Morgan fingerprint density at radius 3 is 1.68 bits per heavy atom. The van der Waals surface area contributed by atoms with Crippen LogP contribution in [0.1, 0.15) is 27.7 Å². The zero-order chi connectivity index (χ0) is 21.9. The summed E-state index contributed by atoms with van der Waals surface area (Å²) in [6.45, 7) is 10.1. The first-order chi connectivity index (χ1) is 13.1. The minimum absolute atomic E-state index is 0.00593. The Labute approximate surface area is 168 Å². The van der Waals surface area contributed by atoms with Gasteiger partial charge in [-0.3, -0.25) is 9.59 Å². The Morgan fingerprint density at radius 2 is 1.25 bits per heavy atom. The third-order valence-corrected chi connectivity index (χ3v) is 2.69. The maximum Gasteiger partial charge on any atom is 0.407 e. The predicted molar refractivity (Wildman–Crippen MR) is 105 cm³/mol. The molecule has 0 saturated carbocycles. The number of methoxy groups -OCH3 is 1. The van der Waals surface area contributed by atoms with Gasteiger partial charge in [0.1, 0.15) is 6.61 Å². The molecule has 0 aromatic carbocycles. The van der Waals surface area contributed by atoms with E-state index in [0.717, 1.165) is 0 Å². The second kappa shape index (κ2) is 18.5. The highest BCUT2D eigenvalue weighted by molar-refractivity contribution is 6.34. The number of nitrogens with zero attached hydrogens (tertiary/aromatic N) is 1. The van der Waals surface area contributed by atoms with Crippen molar-refractivity contribution in [3.63, 3.8) is 0 Å². The number of carbonyl (C=O) groups excluding carboxylic acids is 3. The molecule has 28 heavy (non-hydrogen) atoms. The van der Waals surface area contributed by atoms with Crippen LogP contribution < -0.4 is 10.6 Å². The van der Waals surface area contributed by atoms with Crippen LogP contribution >= 0.6 is 0 Å². The minimum Gasteiger partial charge on any atom is -0.447 e. The fraction of sp³-hybridized carbons (Fsp3) is 0.833. The minimum atomic E-state index is -0.551. The van der Waals surface area contributed by atoms with Crippen LogP contribution in [0, 0.1) is 0 Å². The molecule has 3 amide bonds. The number of carbonyl (C=O) groups is 3. The van der Waals surface area contributed by atoms with Crippen molar-refractivity contribution in [1.82, 2.24) is 15.5 Å². The molecule has 2 N–H and O–H groups in total. The van der Waals surface area contributed by atoms with Crippen molar-refractivity contribution in [1.29, 1.82) is 0 Å². The largest absolute Gasteiger partial charge is 0.447 e. The zero-order valence-electron chi connectivity index (χ0n) is 18.2. The third kappa shape index (κ3) is 20.4. The summed E-state index contributed by atoms with van der Waals surface area (Å²) in [7, 11) is 4.71. The first-order valence-electron chi connectivity index (χ1n) is 9.21. The molecule has 0 aliphatic carbocycles. The Balaban J connectivity index is 0. The van der Waals surface area contributed by atoms with Gasteiger partial charge in [-0.05, 0) is 27.7 Å². The van der Waals surface area contributed by atoms with E-state index < -0.39 is 17.9 Å². The van der Waals surface area contributed by atoms with E-state index in [9.17, 15) is 14.4 Å². The van der Waals surface area contributed by atoms with Crippen LogP contribution in [0.4, 0.5) is 4.79 Å². The third-order valence-electron chi connectivity index (χ3n) is 2.69. The van der Waals surface area contributed by atoms with Gasteiger partial charge >= 0.3 is 17.9 Å². The van der Waals surface area contributed by atoms with E-state index in [1.807, 2.05) is 13.8 Å². The summed E-state index contributed by atoms with van der Waals surface area (Å²) < 4.78 is 20.1. The topological polar surface area (TPSA) is 115 Å². The molecule has 166 valence electrons. The zero-order valence-corrected chi connectivity index (χ0v) is 18.2. The molecule has 10 nitrogen and oxygen atoms in total. The summed E-state index contributed by atoms with van der Waals surface area (Å²) in [4.78, 5) is 34.1. The predicted octanol–water partition coefficient (Wildman–Crippen LogP) is 0.400. The van der Waals surface area contributed by atoms with Crippen LogP contribution in [0.3, 0.4) is 0 Å². The van der Waals surface area contributed by atoms with Gasteiger partial charge in [0.05, 0.1) is 33.0 Å². The Kier molecular flexibility index (Phi) is 18.7. The molecule has 0 fully saturated rings. The number of hydrogen-bond acceptors (Lipinski definition) is 7. The van der Waals surface area contributed by atoms with Crippen LogP contribution in [-0.4, -0.2) is 95.7 Å². The second-order valence-electron chi connectivity index (χ2n) is 6.48. The average Bonchev–Trinajstić information content (AvgIpc) is 2.58. The molecular formula is C18H37N3O7. The van der Waals surface area contributed by atoms with Crippen molar-refractivity contribution in [3.05, 3.63) is 0 Å². The fourth-order valence-electron chi connectivity index (χ4n) is 1.46. The Hall–Kier alpha value is -1.91. The van der Waals surface area contributed by atoms with Crippen LogP contribution in [0.5, 0.6) is 0 Å². The summed E-state index contributed by atoms with van der Waals surface area (Å²) in [5.74, 6) is -1.07. The molecule has 0 aromatic heterocycles. The first kappa shape index (κ1) is 28.3. The van der Waals surface area contributed by atoms with Gasteiger partial charge in [0.2, 0.25) is 0 Å². The summed E-state index contributed by atoms with van der Waals surface area (Å²) in [6.07, 6.45) is -0.417. The standard InChI is InChI=1S/C11H23NO5.C7H14N2O2/c1-10(2)12-11(13)17-9-8-16-7-6-15-5-4-14-3;1-5(2)8-6(10)7(11)9(3)4/h10H,4-9H2,1-3H3,(H,12,13);5H,1-4H3,(H,8,10). The fourth-order valence-corrected chi connectivity index (χ4v) is 1.46. The van der Waals surface area contributed by atoms with Crippen LogP contribution in [0.25, 0.3) is 0 Å². The maximum absolute atomic E-state index is 11.0. The molecule has 0 atom stereocenters. The van der Waals surface area contributed by atoms with E-state index in [-0.39, 0.29) is 18.7 Å². The van der Waals surface area contributed by atoms with E-state index in [0.29, 0.717) is 33.0 Å². The second-order valence-corrected chi connectivity index (χ2v) is 6.48. The van der Waals surface area contributed by atoms with Gasteiger partial charge in [0.15, 0.2) is 0 Å². The highest BCUT2D eigenvalue weighted by atomic mass is 16.6. The van der Waals surface area contributed by atoms with Crippen molar-refractivity contribution >= 4 is 17.9 Å². The highest BCUT2D eigenvalue weighted by Gasteiger charge is 2.15. The molecular weight excluding hydrogens is 370 g/mol. The number of likely N-dealkylation sites (N-methyl/N-ethyl adjacent to an activating group) is 1. The molecule has 0 bridgehead atoms. The summed E-state index contributed by atoms with van der Waals surface area (Å²) in [5.41, 5.74) is 0. The molecule has 0 unspecified atom stereocenters. The Bertz CT molecular complexity index is 429. The van der Waals surface area contributed by atoms with E-state index >= 15 is 0 Å². The molecule has 0 aromatic rings. The molecule has 10 heteroatoms. The van der Waals surface area contributed by atoms with E-state index in [1.54, 1.807) is 35.1 Å². The number of hydrogen-bond donors (Lipinski definition) is 2. The normalized spacial score (nSPS) is 10.2. The number of alkyl carbamates (subject to hydrolysis) is 1. The molecule has 0 heterocycles. The van der Waals surface area contributed by atoms with E-state index in [4.69, 9.17) is 18.9 Å². The highest BCUT2D eigenvalue weighted by Crippen LogP contribution is 1.85. The van der Waals surface area contributed by atoms with E-state index in [2.05, 4.69) is 10.6 Å². The molecule has 0 rings (SSSR count). The maximum atomic E-state index is 11.0. The van der Waals surface area contributed by atoms with Gasteiger partial charge in [0.25, 0.3) is 0 Å². The number of ether oxygens (including phenoxy) is 4.